The summed E-state index contributed by atoms with van der Waals surface area (Å²) in [6.07, 6.45) is 1.67. The minimum Gasteiger partial charge on any atom is -0.336 e. The molecule has 0 saturated heterocycles. The van der Waals surface area contributed by atoms with Crippen LogP contribution in [-0.2, 0) is 20.4 Å². The normalized spacial score (nSPS) is 14.9. The number of carbonyl (C=O) groups excluding carboxylic acids is 2. The first kappa shape index (κ1) is 22.1. The molecule has 1 N–H and O–H groups in total. The number of benzene rings is 2. The van der Waals surface area contributed by atoms with Gasteiger partial charge in [0, 0.05) is 12.7 Å². The molecule has 0 aromatic heterocycles. The van der Waals surface area contributed by atoms with Crippen molar-refractivity contribution in [1.82, 2.24) is 4.90 Å². The van der Waals surface area contributed by atoms with Crippen molar-refractivity contribution in [3.05, 3.63) is 64.2 Å². The molecule has 1 fully saturated rings. The van der Waals surface area contributed by atoms with Crippen LogP contribution in [0.1, 0.15) is 61.4 Å². The molecule has 1 aliphatic rings. The Balaban J connectivity index is 1.69. The van der Waals surface area contributed by atoms with Crippen LogP contribution >= 0.6 is 0 Å². The summed E-state index contributed by atoms with van der Waals surface area (Å²) in [7, 11) is 1.72. The number of likely N-dealkylation sites (N-methyl/N-ethyl adjacent to an activating group) is 1. The molecule has 0 aliphatic heterocycles. The van der Waals surface area contributed by atoms with Crippen molar-refractivity contribution >= 4 is 17.5 Å². The molecule has 2 aromatic rings. The Bertz CT molecular complexity index is 941. The van der Waals surface area contributed by atoms with Crippen molar-refractivity contribution in [1.29, 1.82) is 0 Å². The number of anilines is 1. The average Bonchev–Trinajstić information content (AvgIpc) is 3.45. The van der Waals surface area contributed by atoms with Gasteiger partial charge in [-0.25, -0.2) is 0 Å². The summed E-state index contributed by atoms with van der Waals surface area (Å²) in [6, 6.07) is 12.5. The monoisotopic (exact) mass is 406 g/mol. The molecule has 1 aliphatic carbocycles. The summed E-state index contributed by atoms with van der Waals surface area (Å²) in [5.74, 6) is -0.140. The maximum absolute atomic E-state index is 13.2. The number of aryl methyl sites for hydroxylation is 3. The summed E-state index contributed by atoms with van der Waals surface area (Å²) in [5.41, 5.74) is 6.00. The molecular weight excluding hydrogens is 372 g/mol. The second-order valence-electron chi connectivity index (χ2n) is 9.89. The summed E-state index contributed by atoms with van der Waals surface area (Å²) in [6.45, 7) is 12.6. The van der Waals surface area contributed by atoms with Gasteiger partial charge in [0.05, 0.1) is 12.0 Å². The van der Waals surface area contributed by atoms with Crippen LogP contribution in [0.15, 0.2) is 36.4 Å². The van der Waals surface area contributed by atoms with E-state index in [0.29, 0.717) is 0 Å². The van der Waals surface area contributed by atoms with E-state index in [1.165, 1.54) is 11.1 Å². The maximum atomic E-state index is 13.2. The fraction of sp³-hybridized carbons (Fsp3) is 0.462. The zero-order valence-electron chi connectivity index (χ0n) is 19.3. The highest BCUT2D eigenvalue weighted by Gasteiger charge is 2.52. The molecule has 30 heavy (non-hydrogen) atoms. The van der Waals surface area contributed by atoms with Crippen molar-refractivity contribution in [2.24, 2.45) is 0 Å². The van der Waals surface area contributed by atoms with E-state index >= 15 is 0 Å². The molecule has 1 saturated carbocycles. The van der Waals surface area contributed by atoms with Gasteiger partial charge in [0.25, 0.3) is 0 Å². The summed E-state index contributed by atoms with van der Waals surface area (Å²) in [4.78, 5) is 27.4. The van der Waals surface area contributed by atoms with E-state index in [-0.39, 0.29) is 23.8 Å². The Kier molecular flexibility index (Phi) is 5.81. The van der Waals surface area contributed by atoms with Crippen LogP contribution in [0.3, 0.4) is 0 Å². The lowest BCUT2D eigenvalue weighted by molar-refractivity contribution is -0.135. The van der Waals surface area contributed by atoms with Gasteiger partial charge in [0.2, 0.25) is 11.8 Å². The molecule has 2 amide bonds. The predicted molar refractivity (Wildman–Crippen MR) is 123 cm³/mol. The van der Waals surface area contributed by atoms with E-state index in [2.05, 4.69) is 62.5 Å². The molecule has 3 rings (SSSR count). The van der Waals surface area contributed by atoms with Crippen molar-refractivity contribution in [3.63, 3.8) is 0 Å². The zero-order valence-corrected chi connectivity index (χ0v) is 19.3. The topological polar surface area (TPSA) is 49.4 Å². The number of hydrogen-bond acceptors (Lipinski definition) is 2. The molecule has 0 radical (unpaired) electrons. The molecule has 0 spiro atoms. The second kappa shape index (κ2) is 7.90. The quantitative estimate of drug-likeness (QED) is 0.756. The number of amides is 2. The smallest absolute Gasteiger partial charge is 0.243 e. The zero-order chi connectivity index (χ0) is 22.3. The summed E-state index contributed by atoms with van der Waals surface area (Å²) >= 11 is 0. The minimum absolute atomic E-state index is 0.0264. The van der Waals surface area contributed by atoms with Crippen LogP contribution in [0.4, 0.5) is 5.69 Å². The minimum atomic E-state index is -0.471. The first-order chi connectivity index (χ1) is 13.9. The first-order valence-electron chi connectivity index (χ1n) is 10.7. The Hall–Kier alpha value is -2.62. The molecular formula is C26H34N2O2. The van der Waals surface area contributed by atoms with Crippen LogP contribution in [0.2, 0.25) is 0 Å². The first-order valence-corrected chi connectivity index (χ1v) is 10.7. The van der Waals surface area contributed by atoms with Gasteiger partial charge in [0.15, 0.2) is 0 Å². The highest BCUT2D eigenvalue weighted by molar-refractivity contribution is 5.98. The van der Waals surface area contributed by atoms with Crippen molar-refractivity contribution < 1.29 is 9.59 Å². The van der Waals surface area contributed by atoms with Gasteiger partial charge >= 0.3 is 0 Å². The van der Waals surface area contributed by atoms with Gasteiger partial charge in [0.1, 0.15) is 0 Å². The average molecular weight is 407 g/mol. The largest absolute Gasteiger partial charge is 0.336 e. The summed E-state index contributed by atoms with van der Waals surface area (Å²) < 4.78 is 0. The third kappa shape index (κ3) is 4.43. The number of nitrogens with one attached hydrogen (secondary N) is 1. The van der Waals surface area contributed by atoms with E-state index in [1.807, 2.05) is 20.8 Å². The standard InChI is InChI=1S/C26H34N2O2/c1-17-14-18(2)23(19(3)15-17)27-22(29)16-28(7)24(30)26(12-13-26)21-10-8-20(9-11-21)25(4,5)6/h8-11,14-15H,12-13,16H2,1-7H3,(H,27,29). The van der Waals surface area contributed by atoms with Gasteiger partial charge in [-0.05, 0) is 61.3 Å². The molecule has 4 nitrogen and oxygen atoms in total. The van der Waals surface area contributed by atoms with Gasteiger partial charge < -0.3 is 10.2 Å². The maximum Gasteiger partial charge on any atom is 0.243 e. The third-order valence-corrected chi connectivity index (χ3v) is 6.13. The molecule has 0 heterocycles. The SMILES string of the molecule is Cc1cc(C)c(NC(=O)CN(C)C(=O)C2(c3ccc(C(C)(C)C)cc3)CC2)c(C)c1. The lowest BCUT2D eigenvalue weighted by atomic mass is 9.84. The van der Waals surface area contributed by atoms with Crippen molar-refractivity contribution in [3.8, 4) is 0 Å². The van der Waals surface area contributed by atoms with E-state index in [0.717, 1.165) is 35.2 Å². The number of rotatable bonds is 5. The Labute approximate surface area is 180 Å². The van der Waals surface area contributed by atoms with Crippen LogP contribution < -0.4 is 5.32 Å². The lowest BCUT2D eigenvalue weighted by Crippen LogP contribution is -2.41. The molecule has 4 heteroatoms. The molecule has 0 atom stereocenters. The van der Waals surface area contributed by atoms with E-state index in [4.69, 9.17) is 0 Å². The lowest BCUT2D eigenvalue weighted by Gasteiger charge is -2.25. The van der Waals surface area contributed by atoms with Crippen LogP contribution in [0.5, 0.6) is 0 Å². The number of nitrogens with zero attached hydrogens (tertiary/aromatic N) is 1. The third-order valence-electron chi connectivity index (χ3n) is 6.13. The van der Waals surface area contributed by atoms with Gasteiger partial charge in [-0.2, -0.15) is 0 Å². The fourth-order valence-electron chi connectivity index (χ4n) is 4.25. The highest BCUT2D eigenvalue weighted by atomic mass is 16.2. The van der Waals surface area contributed by atoms with Gasteiger partial charge in [-0.3, -0.25) is 9.59 Å². The van der Waals surface area contributed by atoms with Gasteiger partial charge in [-0.15, -0.1) is 0 Å². The van der Waals surface area contributed by atoms with E-state index < -0.39 is 5.41 Å². The Morgan fingerprint density at radius 1 is 1.00 bits per heavy atom. The fourth-order valence-corrected chi connectivity index (χ4v) is 4.25. The Morgan fingerprint density at radius 2 is 1.53 bits per heavy atom. The van der Waals surface area contributed by atoms with Crippen LogP contribution in [-0.4, -0.2) is 30.3 Å². The van der Waals surface area contributed by atoms with Gasteiger partial charge in [-0.1, -0.05) is 62.7 Å². The van der Waals surface area contributed by atoms with Crippen LogP contribution in [0, 0.1) is 20.8 Å². The molecule has 0 bridgehead atoms. The molecule has 2 aromatic carbocycles. The molecule has 0 unspecified atom stereocenters. The number of carbonyl (C=O) groups is 2. The van der Waals surface area contributed by atoms with Crippen molar-refractivity contribution in [2.75, 3.05) is 18.9 Å². The second-order valence-corrected chi connectivity index (χ2v) is 9.89. The highest BCUT2D eigenvalue weighted by Crippen LogP contribution is 2.49. The summed E-state index contributed by atoms with van der Waals surface area (Å²) in [5, 5.41) is 2.99. The van der Waals surface area contributed by atoms with E-state index in [1.54, 1.807) is 11.9 Å². The van der Waals surface area contributed by atoms with Crippen molar-refractivity contribution in [2.45, 2.75) is 65.2 Å². The van der Waals surface area contributed by atoms with Crippen LogP contribution in [0.25, 0.3) is 0 Å². The van der Waals surface area contributed by atoms with E-state index in [9.17, 15) is 9.59 Å². The predicted octanol–water partition coefficient (Wildman–Crippen LogP) is 5.04. The molecule has 160 valence electrons. The number of hydrogen-bond donors (Lipinski definition) is 1. The Morgan fingerprint density at radius 3 is 2.00 bits per heavy atom.